The minimum atomic E-state index is 0.165. The van der Waals surface area contributed by atoms with Gasteiger partial charge in [-0.25, -0.2) is 4.98 Å². The van der Waals surface area contributed by atoms with E-state index in [0.29, 0.717) is 0 Å². The SMILES string of the molecule is CCN(C)c1ncccc1[C@H]1CCCCN1C(C)=O. The molecule has 1 saturated heterocycles. The number of pyridine rings is 1. The summed E-state index contributed by atoms with van der Waals surface area (Å²) < 4.78 is 0. The Labute approximate surface area is 115 Å². The zero-order chi connectivity index (χ0) is 13.8. The highest BCUT2D eigenvalue weighted by Gasteiger charge is 2.28. The fraction of sp³-hybridized carbons (Fsp3) is 0.600. The standard InChI is InChI=1S/C15H23N3O/c1-4-17(3)15-13(8-7-10-16-15)14-9-5-6-11-18(14)12(2)19/h7-8,10,14H,4-6,9,11H2,1-3H3/t14-/m1/s1. The number of anilines is 1. The monoisotopic (exact) mass is 261 g/mol. The van der Waals surface area contributed by atoms with Crippen molar-refractivity contribution in [1.82, 2.24) is 9.88 Å². The molecule has 1 atom stereocenters. The minimum Gasteiger partial charge on any atom is -0.360 e. The van der Waals surface area contributed by atoms with Crippen molar-refractivity contribution >= 4 is 11.7 Å². The van der Waals surface area contributed by atoms with Gasteiger partial charge in [-0.15, -0.1) is 0 Å². The summed E-state index contributed by atoms with van der Waals surface area (Å²) in [5, 5.41) is 0. The topological polar surface area (TPSA) is 36.4 Å². The van der Waals surface area contributed by atoms with Gasteiger partial charge < -0.3 is 9.80 Å². The van der Waals surface area contributed by atoms with E-state index in [-0.39, 0.29) is 11.9 Å². The maximum absolute atomic E-state index is 11.8. The molecule has 2 rings (SSSR count). The average molecular weight is 261 g/mol. The van der Waals surface area contributed by atoms with Crippen LogP contribution in [-0.2, 0) is 4.79 Å². The molecule has 1 aliphatic heterocycles. The lowest BCUT2D eigenvalue weighted by molar-refractivity contribution is -0.132. The molecule has 0 spiro atoms. The number of amides is 1. The van der Waals surface area contributed by atoms with Crippen LogP contribution in [-0.4, -0.2) is 35.9 Å². The molecule has 0 radical (unpaired) electrons. The molecule has 1 fully saturated rings. The van der Waals surface area contributed by atoms with Crippen LogP contribution in [0.4, 0.5) is 5.82 Å². The van der Waals surface area contributed by atoms with Gasteiger partial charge in [0.15, 0.2) is 0 Å². The molecule has 104 valence electrons. The molecule has 0 unspecified atom stereocenters. The van der Waals surface area contributed by atoms with E-state index < -0.39 is 0 Å². The summed E-state index contributed by atoms with van der Waals surface area (Å²) in [5.41, 5.74) is 1.18. The summed E-state index contributed by atoms with van der Waals surface area (Å²) in [6, 6.07) is 4.26. The molecule has 0 saturated carbocycles. The van der Waals surface area contributed by atoms with E-state index in [2.05, 4.69) is 22.9 Å². The molecule has 1 aliphatic rings. The Bertz CT molecular complexity index is 447. The van der Waals surface area contributed by atoms with E-state index in [1.165, 1.54) is 12.0 Å². The summed E-state index contributed by atoms with van der Waals surface area (Å²) in [4.78, 5) is 20.5. The van der Waals surface area contributed by atoms with Crippen LogP contribution in [0.1, 0.15) is 44.7 Å². The first-order valence-corrected chi connectivity index (χ1v) is 7.08. The van der Waals surface area contributed by atoms with Crippen LogP contribution in [0, 0.1) is 0 Å². The van der Waals surface area contributed by atoms with Gasteiger partial charge in [-0.2, -0.15) is 0 Å². The first kappa shape index (κ1) is 13.8. The summed E-state index contributed by atoms with van der Waals surface area (Å²) in [6.07, 6.45) is 5.15. The number of aromatic nitrogens is 1. The van der Waals surface area contributed by atoms with Gasteiger partial charge in [0, 0.05) is 38.8 Å². The molecular formula is C15H23N3O. The average Bonchev–Trinajstić information content (AvgIpc) is 2.46. The fourth-order valence-corrected chi connectivity index (χ4v) is 2.77. The molecule has 1 aromatic heterocycles. The molecule has 2 heterocycles. The molecule has 1 amide bonds. The Morgan fingerprint density at radius 1 is 1.53 bits per heavy atom. The Kier molecular flexibility index (Phi) is 4.40. The van der Waals surface area contributed by atoms with Gasteiger partial charge in [0.2, 0.25) is 5.91 Å². The van der Waals surface area contributed by atoms with Gasteiger partial charge in [-0.3, -0.25) is 4.79 Å². The third-order valence-corrected chi connectivity index (χ3v) is 3.92. The Balaban J connectivity index is 2.36. The fourth-order valence-electron chi connectivity index (χ4n) is 2.77. The number of hydrogen-bond acceptors (Lipinski definition) is 3. The lowest BCUT2D eigenvalue weighted by Gasteiger charge is -2.37. The zero-order valence-corrected chi connectivity index (χ0v) is 12.1. The van der Waals surface area contributed by atoms with Crippen molar-refractivity contribution in [3.8, 4) is 0 Å². The van der Waals surface area contributed by atoms with Gasteiger partial charge in [-0.1, -0.05) is 6.07 Å². The van der Waals surface area contributed by atoms with Crippen LogP contribution in [0.25, 0.3) is 0 Å². The number of hydrogen-bond donors (Lipinski definition) is 0. The van der Waals surface area contributed by atoms with Crippen molar-refractivity contribution in [1.29, 1.82) is 0 Å². The van der Waals surface area contributed by atoms with E-state index in [0.717, 1.165) is 31.7 Å². The second kappa shape index (κ2) is 6.04. The van der Waals surface area contributed by atoms with Gasteiger partial charge >= 0.3 is 0 Å². The van der Waals surface area contributed by atoms with E-state index >= 15 is 0 Å². The first-order chi connectivity index (χ1) is 9.15. The Hall–Kier alpha value is -1.58. The molecular weight excluding hydrogens is 238 g/mol. The molecule has 4 heteroatoms. The highest BCUT2D eigenvalue weighted by atomic mass is 16.2. The third-order valence-electron chi connectivity index (χ3n) is 3.92. The second-order valence-electron chi connectivity index (χ2n) is 5.15. The molecule has 0 bridgehead atoms. The van der Waals surface area contributed by atoms with E-state index in [4.69, 9.17) is 0 Å². The van der Waals surface area contributed by atoms with Crippen LogP contribution in [0.3, 0.4) is 0 Å². The predicted octanol–water partition coefficient (Wildman–Crippen LogP) is 2.61. The first-order valence-electron chi connectivity index (χ1n) is 7.08. The van der Waals surface area contributed by atoms with Crippen LogP contribution in [0.15, 0.2) is 18.3 Å². The van der Waals surface area contributed by atoms with Crippen molar-refractivity contribution in [2.45, 2.75) is 39.2 Å². The lowest BCUT2D eigenvalue weighted by Crippen LogP contribution is -2.37. The van der Waals surface area contributed by atoms with Crippen LogP contribution < -0.4 is 4.90 Å². The van der Waals surface area contributed by atoms with Crippen LogP contribution in [0.5, 0.6) is 0 Å². The summed E-state index contributed by atoms with van der Waals surface area (Å²) in [7, 11) is 2.05. The largest absolute Gasteiger partial charge is 0.360 e. The minimum absolute atomic E-state index is 0.165. The maximum Gasteiger partial charge on any atom is 0.219 e. The molecule has 1 aromatic rings. The summed E-state index contributed by atoms with van der Waals surface area (Å²) in [6.45, 7) is 5.56. The smallest absolute Gasteiger partial charge is 0.219 e. The number of piperidine rings is 1. The van der Waals surface area contributed by atoms with Crippen LogP contribution in [0.2, 0.25) is 0 Å². The highest BCUT2D eigenvalue weighted by Crippen LogP contribution is 2.35. The number of carbonyl (C=O) groups excluding carboxylic acids is 1. The maximum atomic E-state index is 11.8. The Morgan fingerprint density at radius 3 is 3.00 bits per heavy atom. The van der Waals surface area contributed by atoms with Crippen molar-refractivity contribution < 1.29 is 4.79 Å². The molecule has 19 heavy (non-hydrogen) atoms. The van der Waals surface area contributed by atoms with Gasteiger partial charge in [0.05, 0.1) is 6.04 Å². The van der Waals surface area contributed by atoms with Gasteiger partial charge in [0.25, 0.3) is 0 Å². The lowest BCUT2D eigenvalue weighted by atomic mass is 9.95. The van der Waals surface area contributed by atoms with Crippen molar-refractivity contribution in [3.63, 3.8) is 0 Å². The second-order valence-corrected chi connectivity index (χ2v) is 5.15. The summed E-state index contributed by atoms with van der Waals surface area (Å²) in [5.74, 6) is 1.17. The molecule has 0 aliphatic carbocycles. The number of nitrogens with zero attached hydrogens (tertiary/aromatic N) is 3. The molecule has 0 N–H and O–H groups in total. The highest BCUT2D eigenvalue weighted by molar-refractivity contribution is 5.74. The van der Waals surface area contributed by atoms with Crippen molar-refractivity contribution in [2.75, 3.05) is 25.0 Å². The van der Waals surface area contributed by atoms with Gasteiger partial charge in [-0.05, 0) is 32.3 Å². The normalized spacial score (nSPS) is 19.3. The van der Waals surface area contributed by atoms with Gasteiger partial charge in [0.1, 0.15) is 5.82 Å². The Morgan fingerprint density at radius 2 is 2.32 bits per heavy atom. The summed E-state index contributed by atoms with van der Waals surface area (Å²) >= 11 is 0. The van der Waals surface area contributed by atoms with E-state index in [1.54, 1.807) is 6.92 Å². The van der Waals surface area contributed by atoms with E-state index in [1.807, 2.05) is 24.2 Å². The predicted molar refractivity (Wildman–Crippen MR) is 77.2 cm³/mol. The number of carbonyl (C=O) groups is 1. The zero-order valence-electron chi connectivity index (χ0n) is 12.1. The number of likely N-dealkylation sites (tertiary alicyclic amines) is 1. The number of rotatable bonds is 3. The van der Waals surface area contributed by atoms with Crippen LogP contribution >= 0.6 is 0 Å². The quantitative estimate of drug-likeness (QED) is 0.839. The molecule has 4 nitrogen and oxygen atoms in total. The van der Waals surface area contributed by atoms with Crippen molar-refractivity contribution in [3.05, 3.63) is 23.9 Å². The molecule has 0 aromatic carbocycles. The van der Waals surface area contributed by atoms with E-state index in [9.17, 15) is 4.79 Å². The van der Waals surface area contributed by atoms with Crippen molar-refractivity contribution in [2.24, 2.45) is 0 Å². The third kappa shape index (κ3) is 2.88.